The van der Waals surface area contributed by atoms with Crippen LogP contribution in [0.4, 0.5) is 0 Å². The lowest BCUT2D eigenvalue weighted by molar-refractivity contribution is 0.862. The first-order valence-electron chi connectivity index (χ1n) is 6.30. The van der Waals surface area contributed by atoms with Crippen molar-refractivity contribution in [1.29, 1.82) is 0 Å². The summed E-state index contributed by atoms with van der Waals surface area (Å²) in [5, 5.41) is 8.87. The van der Waals surface area contributed by atoms with E-state index in [2.05, 4.69) is 62.6 Å². The number of hydrogen-bond donors (Lipinski definition) is 0. The average molecular weight is 311 g/mol. The van der Waals surface area contributed by atoms with Crippen molar-refractivity contribution in [3.05, 3.63) is 75.3 Å². The largest absolute Gasteiger partial charge is 0.176 e. The van der Waals surface area contributed by atoms with Gasteiger partial charge in [0.15, 0.2) is 0 Å². The highest BCUT2D eigenvalue weighted by molar-refractivity contribution is 9.10. The molecular weight excluding hydrogens is 300 g/mol. The first-order valence-corrected chi connectivity index (χ1v) is 7.10. The van der Waals surface area contributed by atoms with E-state index in [4.69, 9.17) is 0 Å². The van der Waals surface area contributed by atoms with Crippen LogP contribution in [0.3, 0.4) is 0 Å². The Bertz CT molecular complexity index is 714. The third-order valence-corrected chi connectivity index (χ3v) is 4.28. The highest BCUT2D eigenvalue weighted by Gasteiger charge is 2.33. The van der Waals surface area contributed by atoms with E-state index < -0.39 is 0 Å². The van der Waals surface area contributed by atoms with Gasteiger partial charge in [0.05, 0.1) is 5.70 Å². The molecule has 0 saturated heterocycles. The molecule has 0 fully saturated rings. The van der Waals surface area contributed by atoms with Crippen LogP contribution < -0.4 is 0 Å². The fourth-order valence-electron chi connectivity index (χ4n) is 2.83. The third-order valence-electron chi connectivity index (χ3n) is 3.76. The van der Waals surface area contributed by atoms with Crippen LogP contribution in [0.5, 0.6) is 0 Å². The molecule has 1 heterocycles. The van der Waals surface area contributed by atoms with Gasteiger partial charge in [0.2, 0.25) is 0 Å². The van der Waals surface area contributed by atoms with Gasteiger partial charge in [0.25, 0.3) is 0 Å². The van der Waals surface area contributed by atoms with E-state index in [0.29, 0.717) is 0 Å². The van der Waals surface area contributed by atoms with Gasteiger partial charge in [-0.25, -0.2) is 0 Å². The molecule has 0 saturated carbocycles. The lowest BCUT2D eigenvalue weighted by Crippen LogP contribution is -1.89. The zero-order valence-corrected chi connectivity index (χ0v) is 11.8. The molecule has 1 unspecified atom stereocenters. The molecular formula is C16H11BrN2. The molecule has 2 aromatic rings. The molecule has 0 bridgehead atoms. The molecule has 1 aliphatic heterocycles. The summed E-state index contributed by atoms with van der Waals surface area (Å²) in [6.07, 6.45) is 0.971. The van der Waals surface area contributed by atoms with E-state index in [0.717, 1.165) is 22.2 Å². The zero-order valence-electron chi connectivity index (χ0n) is 10.2. The van der Waals surface area contributed by atoms with Crippen molar-refractivity contribution in [3.63, 3.8) is 0 Å². The molecule has 19 heavy (non-hydrogen) atoms. The van der Waals surface area contributed by atoms with Crippen molar-refractivity contribution in [2.24, 2.45) is 10.2 Å². The molecule has 4 rings (SSSR count). The van der Waals surface area contributed by atoms with E-state index in [1.165, 1.54) is 16.7 Å². The molecule has 0 radical (unpaired) electrons. The first kappa shape index (κ1) is 11.1. The van der Waals surface area contributed by atoms with Crippen molar-refractivity contribution in [2.45, 2.75) is 12.5 Å². The molecule has 1 atom stereocenters. The Morgan fingerprint density at radius 2 is 1.79 bits per heavy atom. The van der Waals surface area contributed by atoms with Crippen molar-refractivity contribution in [1.82, 2.24) is 0 Å². The predicted octanol–water partition coefficient (Wildman–Crippen LogP) is 4.92. The van der Waals surface area contributed by atoms with Crippen LogP contribution >= 0.6 is 15.9 Å². The SMILES string of the molecule is Brc1ccc(C2=C3Cc4ccccc4C3N=N2)cc1. The van der Waals surface area contributed by atoms with Gasteiger partial charge in [-0.15, -0.1) is 0 Å². The van der Waals surface area contributed by atoms with Crippen LogP contribution in [0.1, 0.15) is 22.7 Å². The minimum absolute atomic E-state index is 0.148. The molecule has 0 amide bonds. The standard InChI is InChI=1S/C16H11BrN2/c17-12-7-5-10(6-8-12)15-14-9-11-3-1-2-4-13(11)16(14)19-18-15/h1-8,16H,9H2. The maximum atomic E-state index is 4.46. The van der Waals surface area contributed by atoms with Crippen molar-refractivity contribution in [2.75, 3.05) is 0 Å². The summed E-state index contributed by atoms with van der Waals surface area (Å²) in [5.74, 6) is 0. The second-order valence-corrected chi connectivity index (χ2v) is 5.79. The van der Waals surface area contributed by atoms with Gasteiger partial charge in [-0.1, -0.05) is 52.3 Å². The fraction of sp³-hybridized carbons (Fsp3) is 0.125. The normalized spacial score (nSPS) is 19.7. The van der Waals surface area contributed by atoms with Gasteiger partial charge in [0, 0.05) is 10.0 Å². The monoisotopic (exact) mass is 310 g/mol. The highest BCUT2D eigenvalue weighted by Crippen LogP contribution is 2.46. The summed E-state index contributed by atoms with van der Waals surface area (Å²) in [6.45, 7) is 0. The summed E-state index contributed by atoms with van der Waals surface area (Å²) in [5.41, 5.74) is 6.23. The maximum absolute atomic E-state index is 4.46. The second kappa shape index (κ2) is 4.14. The molecule has 2 aromatic carbocycles. The Balaban J connectivity index is 1.83. The number of nitrogens with zero attached hydrogens (tertiary/aromatic N) is 2. The van der Waals surface area contributed by atoms with Crippen LogP contribution in [-0.2, 0) is 6.42 Å². The number of fused-ring (bicyclic) bond motifs is 3. The molecule has 3 heteroatoms. The predicted molar refractivity (Wildman–Crippen MR) is 78.8 cm³/mol. The van der Waals surface area contributed by atoms with Gasteiger partial charge < -0.3 is 0 Å². The van der Waals surface area contributed by atoms with E-state index in [1.54, 1.807) is 0 Å². The Morgan fingerprint density at radius 3 is 2.63 bits per heavy atom. The zero-order chi connectivity index (χ0) is 12.8. The number of benzene rings is 2. The van der Waals surface area contributed by atoms with E-state index in [1.807, 2.05) is 12.1 Å². The van der Waals surface area contributed by atoms with Crippen LogP contribution in [0.25, 0.3) is 5.70 Å². The van der Waals surface area contributed by atoms with Crippen LogP contribution in [0.2, 0.25) is 0 Å². The summed E-state index contributed by atoms with van der Waals surface area (Å²) in [7, 11) is 0. The highest BCUT2D eigenvalue weighted by atomic mass is 79.9. The van der Waals surface area contributed by atoms with Gasteiger partial charge in [-0.3, -0.25) is 0 Å². The van der Waals surface area contributed by atoms with Crippen LogP contribution in [-0.4, -0.2) is 0 Å². The Labute approximate surface area is 120 Å². The molecule has 2 nitrogen and oxygen atoms in total. The average Bonchev–Trinajstić information content (AvgIpc) is 2.98. The number of azo groups is 1. The quantitative estimate of drug-likeness (QED) is 0.714. The van der Waals surface area contributed by atoms with Gasteiger partial charge >= 0.3 is 0 Å². The van der Waals surface area contributed by atoms with E-state index in [-0.39, 0.29) is 6.04 Å². The van der Waals surface area contributed by atoms with Crippen molar-refractivity contribution in [3.8, 4) is 0 Å². The molecule has 0 N–H and O–H groups in total. The summed E-state index contributed by atoms with van der Waals surface area (Å²) < 4.78 is 1.09. The Hall–Kier alpha value is -1.74. The second-order valence-electron chi connectivity index (χ2n) is 4.87. The fourth-order valence-corrected chi connectivity index (χ4v) is 3.09. The number of hydrogen-bond acceptors (Lipinski definition) is 2. The van der Waals surface area contributed by atoms with Gasteiger partial charge in [0.1, 0.15) is 6.04 Å². The minimum atomic E-state index is 0.148. The van der Waals surface area contributed by atoms with E-state index in [9.17, 15) is 0 Å². The summed E-state index contributed by atoms with van der Waals surface area (Å²) in [6, 6.07) is 17.0. The Kier molecular flexibility index (Phi) is 2.42. The molecule has 92 valence electrons. The molecule has 0 aromatic heterocycles. The van der Waals surface area contributed by atoms with Gasteiger partial charge in [-0.05, 0) is 35.3 Å². The molecule has 0 spiro atoms. The minimum Gasteiger partial charge on any atom is -0.176 e. The van der Waals surface area contributed by atoms with Crippen LogP contribution in [0, 0.1) is 0 Å². The van der Waals surface area contributed by atoms with Crippen LogP contribution in [0.15, 0.2) is 68.8 Å². The smallest absolute Gasteiger partial charge is 0.120 e. The summed E-state index contributed by atoms with van der Waals surface area (Å²) >= 11 is 3.46. The summed E-state index contributed by atoms with van der Waals surface area (Å²) in [4.78, 5) is 0. The van der Waals surface area contributed by atoms with Gasteiger partial charge in [-0.2, -0.15) is 10.2 Å². The molecule has 2 aliphatic rings. The van der Waals surface area contributed by atoms with Crippen molar-refractivity contribution < 1.29 is 0 Å². The number of halogens is 1. The molecule has 1 aliphatic carbocycles. The lowest BCUT2D eigenvalue weighted by atomic mass is 10.0. The Morgan fingerprint density at radius 1 is 1.00 bits per heavy atom. The number of rotatable bonds is 1. The lowest BCUT2D eigenvalue weighted by Gasteiger charge is -2.02. The maximum Gasteiger partial charge on any atom is 0.120 e. The van der Waals surface area contributed by atoms with Crippen molar-refractivity contribution >= 4 is 21.6 Å². The first-order chi connectivity index (χ1) is 9.33. The third kappa shape index (κ3) is 1.69. The topological polar surface area (TPSA) is 24.7 Å². The van der Waals surface area contributed by atoms with E-state index >= 15 is 0 Å².